The summed E-state index contributed by atoms with van der Waals surface area (Å²) in [5.74, 6) is -0.202. The van der Waals surface area contributed by atoms with Crippen LogP contribution in [-0.2, 0) is 6.42 Å². The molecule has 0 aliphatic heterocycles. The number of hydrogen-bond acceptors (Lipinski definition) is 1. The van der Waals surface area contributed by atoms with Gasteiger partial charge in [-0.25, -0.2) is 4.39 Å². The maximum Gasteiger partial charge on any atom is 0.124 e. The lowest BCUT2D eigenvalue weighted by Crippen LogP contribution is -1.92. The van der Waals surface area contributed by atoms with Crippen molar-refractivity contribution in [1.82, 2.24) is 0 Å². The molecule has 1 aromatic heterocycles. The molecule has 0 aliphatic carbocycles. The van der Waals surface area contributed by atoms with Crippen LogP contribution >= 0.6 is 50.5 Å². The van der Waals surface area contributed by atoms with E-state index in [1.165, 1.54) is 10.9 Å². The molecule has 0 aliphatic rings. The summed E-state index contributed by atoms with van der Waals surface area (Å²) in [5.41, 5.74) is 1.11. The van der Waals surface area contributed by atoms with Crippen LogP contribution in [0.25, 0.3) is 10.1 Å². The lowest BCUT2D eigenvalue weighted by Gasteiger charge is -2.08. The van der Waals surface area contributed by atoms with E-state index in [1.54, 1.807) is 23.5 Å². The first kappa shape index (κ1) is 15.3. The van der Waals surface area contributed by atoms with E-state index in [-0.39, 0.29) is 10.6 Å². The Kier molecular flexibility index (Phi) is 4.55. The second-order valence-corrected chi connectivity index (χ2v) is 7.79. The van der Waals surface area contributed by atoms with Crippen LogP contribution < -0.4 is 0 Å². The number of alkyl halides is 1. The summed E-state index contributed by atoms with van der Waals surface area (Å²) >= 11 is 17.3. The van der Waals surface area contributed by atoms with Gasteiger partial charge in [-0.05, 0) is 47.7 Å². The minimum absolute atomic E-state index is 0.162. The van der Waals surface area contributed by atoms with Crippen molar-refractivity contribution >= 4 is 60.6 Å². The number of fused-ring (bicyclic) bond motifs is 1. The normalized spacial score (nSPS) is 12.8. The Hall–Kier alpha value is -0.610. The fourth-order valence-corrected chi connectivity index (χ4v) is 4.33. The van der Waals surface area contributed by atoms with Gasteiger partial charge < -0.3 is 0 Å². The standard InChI is InChI=1S/C16H10BrCl2FS/c17-12(5-9-1-4-13(18)14(19)6-9)16-7-10-2-3-11(20)8-15(10)21-16/h1-4,6-8,12H,5H2. The van der Waals surface area contributed by atoms with E-state index in [0.29, 0.717) is 10.0 Å². The maximum absolute atomic E-state index is 13.2. The molecule has 0 spiro atoms. The fourth-order valence-electron chi connectivity index (χ4n) is 2.15. The second kappa shape index (κ2) is 6.25. The molecule has 0 saturated heterocycles. The quantitative estimate of drug-likeness (QED) is 0.412. The summed E-state index contributed by atoms with van der Waals surface area (Å²) in [5, 5.41) is 2.19. The van der Waals surface area contributed by atoms with Crippen LogP contribution in [0, 0.1) is 5.82 Å². The molecule has 0 nitrogen and oxygen atoms in total. The smallest absolute Gasteiger partial charge is 0.124 e. The number of halogens is 4. The number of rotatable bonds is 3. The van der Waals surface area contributed by atoms with Crippen LogP contribution in [0.5, 0.6) is 0 Å². The fraction of sp³-hybridized carbons (Fsp3) is 0.125. The van der Waals surface area contributed by atoms with Crippen LogP contribution in [0.3, 0.4) is 0 Å². The van der Waals surface area contributed by atoms with Gasteiger partial charge in [0.1, 0.15) is 5.82 Å². The van der Waals surface area contributed by atoms with Gasteiger partial charge in [-0.1, -0.05) is 51.3 Å². The van der Waals surface area contributed by atoms with Crippen molar-refractivity contribution in [3.05, 3.63) is 68.8 Å². The van der Waals surface area contributed by atoms with Crippen molar-refractivity contribution in [2.24, 2.45) is 0 Å². The Bertz CT molecular complexity index is 800. The summed E-state index contributed by atoms with van der Waals surface area (Å²) in [4.78, 5) is 1.33. The SMILES string of the molecule is Fc1ccc2cc(C(Br)Cc3ccc(Cl)c(Cl)c3)sc2c1. The zero-order valence-corrected chi connectivity index (χ0v) is 14.7. The zero-order chi connectivity index (χ0) is 15.0. The van der Waals surface area contributed by atoms with E-state index in [9.17, 15) is 4.39 Å². The Morgan fingerprint density at radius 2 is 1.86 bits per heavy atom. The Morgan fingerprint density at radius 1 is 1.05 bits per heavy atom. The first-order chi connectivity index (χ1) is 10.0. The van der Waals surface area contributed by atoms with Crippen LogP contribution in [-0.4, -0.2) is 0 Å². The number of thiophene rings is 1. The van der Waals surface area contributed by atoms with Crippen molar-refractivity contribution < 1.29 is 4.39 Å². The molecule has 1 unspecified atom stereocenters. The average molecular weight is 404 g/mol. The topological polar surface area (TPSA) is 0 Å². The molecule has 3 rings (SSSR count). The van der Waals surface area contributed by atoms with Crippen molar-refractivity contribution in [2.75, 3.05) is 0 Å². The number of hydrogen-bond donors (Lipinski definition) is 0. The molecule has 0 N–H and O–H groups in total. The van der Waals surface area contributed by atoms with Crippen molar-refractivity contribution in [3.8, 4) is 0 Å². The van der Waals surface area contributed by atoms with Gasteiger partial charge in [-0.2, -0.15) is 0 Å². The van der Waals surface area contributed by atoms with Gasteiger partial charge in [0.25, 0.3) is 0 Å². The molecule has 0 fully saturated rings. The Morgan fingerprint density at radius 3 is 2.62 bits per heavy atom. The summed E-state index contributed by atoms with van der Waals surface area (Å²) in [6.45, 7) is 0. The summed E-state index contributed by atoms with van der Waals surface area (Å²) in [6.07, 6.45) is 0.798. The van der Waals surface area contributed by atoms with Crippen LogP contribution in [0.1, 0.15) is 15.3 Å². The molecule has 0 bridgehead atoms. The molecule has 21 heavy (non-hydrogen) atoms. The van der Waals surface area contributed by atoms with Gasteiger partial charge in [0.15, 0.2) is 0 Å². The highest BCUT2D eigenvalue weighted by atomic mass is 79.9. The molecule has 0 saturated carbocycles. The molecule has 0 radical (unpaired) electrons. The Labute approximate surface area is 144 Å². The highest BCUT2D eigenvalue weighted by molar-refractivity contribution is 9.09. The van der Waals surface area contributed by atoms with E-state index in [2.05, 4.69) is 22.0 Å². The van der Waals surface area contributed by atoms with Gasteiger partial charge in [0.05, 0.1) is 14.9 Å². The van der Waals surface area contributed by atoms with E-state index in [4.69, 9.17) is 23.2 Å². The highest BCUT2D eigenvalue weighted by Gasteiger charge is 2.13. The molecule has 2 aromatic carbocycles. The van der Waals surface area contributed by atoms with E-state index >= 15 is 0 Å². The first-order valence-corrected chi connectivity index (χ1v) is 8.79. The molecular formula is C16H10BrCl2FS. The third-order valence-electron chi connectivity index (χ3n) is 3.21. The number of benzene rings is 2. The molecule has 1 heterocycles. The minimum atomic E-state index is -0.202. The van der Waals surface area contributed by atoms with Gasteiger partial charge in [-0.3, -0.25) is 0 Å². The average Bonchev–Trinajstić information content (AvgIpc) is 2.86. The predicted octanol–water partition coefficient (Wildman–Crippen LogP) is 7.03. The monoisotopic (exact) mass is 402 g/mol. The lowest BCUT2D eigenvalue weighted by atomic mass is 10.1. The predicted molar refractivity (Wildman–Crippen MR) is 93.6 cm³/mol. The van der Waals surface area contributed by atoms with Gasteiger partial charge in [0, 0.05) is 9.58 Å². The summed E-state index contributed by atoms with van der Waals surface area (Å²) in [6, 6.07) is 12.6. The first-order valence-electron chi connectivity index (χ1n) is 6.30. The van der Waals surface area contributed by atoms with E-state index < -0.39 is 0 Å². The van der Waals surface area contributed by atoms with Gasteiger partial charge >= 0.3 is 0 Å². The van der Waals surface area contributed by atoms with Crippen LogP contribution in [0.2, 0.25) is 10.0 Å². The van der Waals surface area contributed by atoms with E-state index in [0.717, 1.165) is 22.1 Å². The molecule has 0 amide bonds. The molecular weight excluding hydrogens is 394 g/mol. The minimum Gasteiger partial charge on any atom is -0.207 e. The molecule has 1 atom stereocenters. The zero-order valence-electron chi connectivity index (χ0n) is 10.7. The Balaban J connectivity index is 1.85. The summed E-state index contributed by atoms with van der Waals surface area (Å²) in [7, 11) is 0. The third-order valence-corrected chi connectivity index (χ3v) is 6.28. The van der Waals surface area contributed by atoms with Crippen molar-refractivity contribution in [3.63, 3.8) is 0 Å². The summed E-state index contributed by atoms with van der Waals surface area (Å²) < 4.78 is 14.2. The van der Waals surface area contributed by atoms with Crippen LogP contribution in [0.15, 0.2) is 42.5 Å². The van der Waals surface area contributed by atoms with Crippen molar-refractivity contribution in [2.45, 2.75) is 11.2 Å². The third kappa shape index (κ3) is 3.42. The molecule has 3 aromatic rings. The lowest BCUT2D eigenvalue weighted by molar-refractivity contribution is 0.630. The molecule has 5 heteroatoms. The van der Waals surface area contributed by atoms with Gasteiger partial charge in [0.2, 0.25) is 0 Å². The van der Waals surface area contributed by atoms with Crippen LogP contribution in [0.4, 0.5) is 4.39 Å². The largest absolute Gasteiger partial charge is 0.207 e. The highest BCUT2D eigenvalue weighted by Crippen LogP contribution is 2.37. The van der Waals surface area contributed by atoms with Crippen molar-refractivity contribution in [1.29, 1.82) is 0 Å². The maximum atomic E-state index is 13.2. The second-order valence-electron chi connectivity index (χ2n) is 4.75. The van der Waals surface area contributed by atoms with Gasteiger partial charge in [-0.15, -0.1) is 11.3 Å². The van der Waals surface area contributed by atoms with E-state index in [1.807, 2.05) is 18.2 Å². The molecule has 108 valence electrons.